The van der Waals surface area contributed by atoms with Crippen molar-refractivity contribution in [3.63, 3.8) is 0 Å². The summed E-state index contributed by atoms with van der Waals surface area (Å²) in [6, 6.07) is 15.1. The van der Waals surface area contributed by atoms with Crippen LogP contribution in [0.4, 0.5) is 0 Å². The molecule has 0 amide bonds. The molecule has 0 heterocycles. The molecule has 0 N–H and O–H groups in total. The van der Waals surface area contributed by atoms with E-state index in [0.29, 0.717) is 5.56 Å². The molecule has 98 valence electrons. The Bertz CT molecular complexity index is 830. The van der Waals surface area contributed by atoms with Gasteiger partial charge in [0, 0.05) is 0 Å². The Hall–Kier alpha value is -2.83. The molecule has 0 radical (unpaired) electrons. The van der Waals surface area contributed by atoms with Gasteiger partial charge in [-0.05, 0) is 36.4 Å². The van der Waals surface area contributed by atoms with Crippen molar-refractivity contribution in [2.75, 3.05) is 0 Å². The van der Waals surface area contributed by atoms with Crippen molar-refractivity contribution in [3.8, 4) is 17.9 Å². The van der Waals surface area contributed by atoms with Gasteiger partial charge in [-0.15, -0.1) is 0 Å². The first kappa shape index (κ1) is 13.6. The van der Waals surface area contributed by atoms with E-state index in [-0.39, 0.29) is 16.2 Å². The number of nitriles is 2. The standard InChI is InChI=1S/C14H8N2O3S/c15-9-11-3-1-5-13(7-11)19-20(17,18)14-6-2-4-12(8-14)10-16/h1-8H. The Morgan fingerprint density at radius 2 is 1.50 bits per heavy atom. The molecule has 0 unspecified atom stereocenters. The van der Waals surface area contributed by atoms with Crippen LogP contribution in [0.2, 0.25) is 0 Å². The predicted octanol–water partition coefficient (Wildman–Crippen LogP) is 2.20. The van der Waals surface area contributed by atoms with Gasteiger partial charge in [0.05, 0.1) is 23.3 Å². The molecule has 0 aromatic heterocycles. The fourth-order valence-corrected chi connectivity index (χ4v) is 2.48. The van der Waals surface area contributed by atoms with E-state index in [1.165, 1.54) is 48.5 Å². The van der Waals surface area contributed by atoms with Crippen LogP contribution in [-0.4, -0.2) is 8.42 Å². The Kier molecular flexibility index (Phi) is 3.69. The second kappa shape index (κ2) is 5.43. The van der Waals surface area contributed by atoms with Crippen LogP contribution >= 0.6 is 0 Å². The normalized spacial score (nSPS) is 10.3. The van der Waals surface area contributed by atoms with Gasteiger partial charge in [0.25, 0.3) is 0 Å². The molecule has 0 fully saturated rings. The van der Waals surface area contributed by atoms with Crippen LogP contribution in [0.5, 0.6) is 5.75 Å². The summed E-state index contributed by atoms with van der Waals surface area (Å²) in [5, 5.41) is 17.5. The molecule has 2 aromatic carbocycles. The summed E-state index contributed by atoms with van der Waals surface area (Å²) in [4.78, 5) is -0.112. The zero-order valence-electron chi connectivity index (χ0n) is 10.1. The Morgan fingerprint density at radius 3 is 2.15 bits per heavy atom. The van der Waals surface area contributed by atoms with Gasteiger partial charge < -0.3 is 4.18 Å². The summed E-state index contributed by atoms with van der Waals surface area (Å²) >= 11 is 0. The lowest BCUT2D eigenvalue weighted by atomic mass is 10.2. The monoisotopic (exact) mass is 284 g/mol. The van der Waals surface area contributed by atoms with Gasteiger partial charge in [0.15, 0.2) is 0 Å². The van der Waals surface area contributed by atoms with Crippen LogP contribution in [-0.2, 0) is 10.1 Å². The van der Waals surface area contributed by atoms with E-state index in [0.717, 1.165) is 0 Å². The molecule has 0 bridgehead atoms. The molecule has 0 saturated heterocycles. The first-order valence-corrected chi connectivity index (χ1v) is 6.91. The van der Waals surface area contributed by atoms with Crippen LogP contribution in [0.15, 0.2) is 53.4 Å². The molecule has 0 aliphatic carbocycles. The lowest BCUT2D eigenvalue weighted by Gasteiger charge is -2.07. The van der Waals surface area contributed by atoms with Crippen molar-refractivity contribution in [1.82, 2.24) is 0 Å². The molecule has 20 heavy (non-hydrogen) atoms. The topological polar surface area (TPSA) is 90.9 Å². The van der Waals surface area contributed by atoms with Crippen molar-refractivity contribution in [2.24, 2.45) is 0 Å². The lowest BCUT2D eigenvalue weighted by molar-refractivity contribution is 0.486. The summed E-state index contributed by atoms with van der Waals surface area (Å²) in [5.74, 6) is 0.0476. The third-order valence-electron chi connectivity index (χ3n) is 2.42. The van der Waals surface area contributed by atoms with Gasteiger partial charge in [-0.3, -0.25) is 0 Å². The molecule has 0 spiro atoms. The molecular formula is C14H8N2O3S. The fourth-order valence-electron chi connectivity index (χ4n) is 1.51. The number of rotatable bonds is 3. The second-order valence-corrected chi connectivity index (χ2v) is 5.36. The van der Waals surface area contributed by atoms with Gasteiger partial charge >= 0.3 is 10.1 Å². The molecule has 0 aliphatic heterocycles. The molecule has 2 rings (SSSR count). The predicted molar refractivity (Wildman–Crippen MR) is 70.1 cm³/mol. The van der Waals surface area contributed by atoms with E-state index >= 15 is 0 Å². The Balaban J connectivity index is 2.36. The van der Waals surface area contributed by atoms with Crippen LogP contribution in [0, 0.1) is 22.7 Å². The van der Waals surface area contributed by atoms with Crippen molar-refractivity contribution in [1.29, 1.82) is 10.5 Å². The highest BCUT2D eigenvalue weighted by Gasteiger charge is 2.17. The maximum Gasteiger partial charge on any atom is 0.339 e. The molecule has 6 heteroatoms. The number of hydrogen-bond donors (Lipinski definition) is 0. The highest BCUT2D eigenvalue weighted by Crippen LogP contribution is 2.20. The molecule has 2 aromatic rings. The van der Waals surface area contributed by atoms with Gasteiger partial charge in [0.2, 0.25) is 0 Å². The highest BCUT2D eigenvalue weighted by atomic mass is 32.2. The number of benzene rings is 2. The first-order valence-electron chi connectivity index (χ1n) is 5.50. The first-order chi connectivity index (χ1) is 9.55. The molecule has 0 aliphatic rings. The summed E-state index contributed by atoms with van der Waals surface area (Å²) in [6.07, 6.45) is 0. The zero-order valence-corrected chi connectivity index (χ0v) is 11.0. The van der Waals surface area contributed by atoms with Crippen molar-refractivity contribution in [3.05, 3.63) is 59.7 Å². The summed E-state index contributed by atoms with van der Waals surface area (Å²) in [5.41, 5.74) is 0.518. The van der Waals surface area contributed by atoms with Crippen molar-refractivity contribution < 1.29 is 12.6 Å². The average Bonchev–Trinajstić information content (AvgIpc) is 2.47. The number of hydrogen-bond acceptors (Lipinski definition) is 5. The fraction of sp³-hybridized carbons (Fsp3) is 0. The quantitative estimate of drug-likeness (QED) is 0.806. The van der Waals surface area contributed by atoms with Gasteiger partial charge in [-0.2, -0.15) is 18.9 Å². The maximum absolute atomic E-state index is 12.1. The van der Waals surface area contributed by atoms with Crippen LogP contribution in [0.3, 0.4) is 0 Å². The molecular weight excluding hydrogens is 276 g/mol. The largest absolute Gasteiger partial charge is 0.379 e. The minimum Gasteiger partial charge on any atom is -0.379 e. The molecule has 5 nitrogen and oxygen atoms in total. The highest BCUT2D eigenvalue weighted by molar-refractivity contribution is 7.87. The van der Waals surface area contributed by atoms with Crippen LogP contribution in [0.1, 0.15) is 11.1 Å². The zero-order chi connectivity index (χ0) is 14.6. The SMILES string of the molecule is N#Cc1cccc(OS(=O)(=O)c2cccc(C#N)c2)c1. The van der Waals surface area contributed by atoms with E-state index in [1.807, 2.05) is 12.1 Å². The van der Waals surface area contributed by atoms with Crippen LogP contribution < -0.4 is 4.18 Å². The third-order valence-corrected chi connectivity index (χ3v) is 3.66. The van der Waals surface area contributed by atoms with Gasteiger partial charge in [-0.1, -0.05) is 12.1 Å². The van der Waals surface area contributed by atoms with E-state index in [4.69, 9.17) is 14.7 Å². The van der Waals surface area contributed by atoms with E-state index < -0.39 is 10.1 Å². The Morgan fingerprint density at radius 1 is 0.900 bits per heavy atom. The molecule has 0 saturated carbocycles. The minimum atomic E-state index is -4.03. The minimum absolute atomic E-state index is 0.0476. The molecule has 0 atom stereocenters. The average molecular weight is 284 g/mol. The van der Waals surface area contributed by atoms with Crippen LogP contribution in [0.25, 0.3) is 0 Å². The number of nitrogens with zero attached hydrogens (tertiary/aromatic N) is 2. The second-order valence-electron chi connectivity index (χ2n) is 3.82. The lowest BCUT2D eigenvalue weighted by Crippen LogP contribution is -2.10. The van der Waals surface area contributed by atoms with E-state index in [2.05, 4.69) is 0 Å². The van der Waals surface area contributed by atoms with Gasteiger partial charge in [-0.25, -0.2) is 0 Å². The Labute approximate surface area is 116 Å². The third kappa shape index (κ3) is 2.94. The summed E-state index contributed by atoms with van der Waals surface area (Å²) < 4.78 is 29.1. The van der Waals surface area contributed by atoms with Gasteiger partial charge in [0.1, 0.15) is 10.6 Å². The smallest absolute Gasteiger partial charge is 0.339 e. The van der Waals surface area contributed by atoms with Crippen molar-refractivity contribution in [2.45, 2.75) is 4.90 Å². The van der Waals surface area contributed by atoms with E-state index in [1.54, 1.807) is 0 Å². The maximum atomic E-state index is 12.1. The summed E-state index contributed by atoms with van der Waals surface area (Å²) in [7, 11) is -4.03. The van der Waals surface area contributed by atoms with E-state index in [9.17, 15) is 8.42 Å². The summed E-state index contributed by atoms with van der Waals surface area (Å²) in [6.45, 7) is 0. The van der Waals surface area contributed by atoms with Crippen molar-refractivity contribution >= 4 is 10.1 Å².